The topological polar surface area (TPSA) is 51.2 Å². The van der Waals surface area contributed by atoms with Gasteiger partial charge in [0.05, 0.1) is 11.5 Å². The minimum atomic E-state index is -0.545. The molecule has 6 aliphatic rings. The van der Waals surface area contributed by atoms with E-state index in [1.807, 2.05) is 13.2 Å². The molecule has 1 N–H and O–H groups in total. The van der Waals surface area contributed by atoms with Crippen LogP contribution in [-0.2, 0) is 21.3 Å². The van der Waals surface area contributed by atoms with Crippen molar-refractivity contribution in [1.29, 1.82) is 0 Å². The average Bonchev–Trinajstić information content (AvgIpc) is 3.09. The minimum Gasteiger partial charge on any atom is -0.504 e. The van der Waals surface area contributed by atoms with Crippen molar-refractivity contribution in [3.63, 3.8) is 0 Å². The van der Waals surface area contributed by atoms with Crippen LogP contribution in [0.1, 0.15) is 37.8 Å². The first-order valence-electron chi connectivity index (χ1n) is 11.0. The standard InChI is InChI=1S/C24H31NO4/c1-5-28-14(2)16-13-22-8-9-24(16,27-4)21-23(22)10-11-25(3)18(22)12-15-6-7-17(26)20(29-21)19(15)23/h6-9,14,16,18,21,26H,5,10-13H2,1-4H3/t14-,16+,18+,21+,22+,23-,24+/m0/s1. The van der Waals surface area contributed by atoms with Gasteiger partial charge >= 0.3 is 0 Å². The first kappa shape index (κ1) is 18.2. The lowest BCUT2D eigenvalue weighted by Crippen LogP contribution is -2.79. The summed E-state index contributed by atoms with van der Waals surface area (Å²) >= 11 is 0. The SMILES string of the molecule is CCO[C@@H](C)[C@H]1C[C@@]23C=C[C@]1(OC)[C@@H]1Oc4c(O)ccc5c4[C@@]12CCN(C)[C@@H]3C5. The zero-order chi connectivity index (χ0) is 20.2. The summed E-state index contributed by atoms with van der Waals surface area (Å²) in [4.78, 5) is 2.55. The van der Waals surface area contributed by atoms with Crippen molar-refractivity contribution in [1.82, 2.24) is 4.90 Å². The first-order chi connectivity index (χ1) is 13.9. The van der Waals surface area contributed by atoms with E-state index in [0.717, 1.165) is 25.8 Å². The van der Waals surface area contributed by atoms with E-state index < -0.39 is 5.60 Å². The monoisotopic (exact) mass is 397 g/mol. The molecule has 7 atom stereocenters. The molecule has 5 nitrogen and oxygen atoms in total. The predicted octanol–water partition coefficient (Wildman–Crippen LogP) is 3.04. The molecule has 1 saturated carbocycles. The Bertz CT molecular complexity index is 914. The van der Waals surface area contributed by atoms with Gasteiger partial charge in [-0.05, 0) is 58.3 Å². The lowest BCUT2D eigenvalue weighted by Gasteiger charge is -2.71. The van der Waals surface area contributed by atoms with Crippen LogP contribution in [0.2, 0.25) is 0 Å². The molecule has 1 aromatic carbocycles. The number of fused-ring (bicyclic) bond motifs is 1. The Morgan fingerprint density at radius 3 is 2.93 bits per heavy atom. The predicted molar refractivity (Wildman–Crippen MR) is 109 cm³/mol. The minimum absolute atomic E-state index is 0.0208. The maximum absolute atomic E-state index is 10.7. The molecular weight excluding hydrogens is 366 g/mol. The molecule has 5 heteroatoms. The normalized spacial score (nSPS) is 44.5. The molecular formula is C24H31NO4. The fourth-order valence-electron chi connectivity index (χ4n) is 8.02. The van der Waals surface area contributed by atoms with E-state index in [-0.39, 0.29) is 34.7 Å². The maximum Gasteiger partial charge on any atom is 0.165 e. The molecule has 2 spiro atoms. The number of hydrogen-bond donors (Lipinski definition) is 1. The Labute approximate surface area is 172 Å². The van der Waals surface area contributed by atoms with Gasteiger partial charge in [0.2, 0.25) is 0 Å². The molecule has 2 heterocycles. The second-order valence-corrected chi connectivity index (χ2v) is 9.77. The second-order valence-electron chi connectivity index (χ2n) is 9.77. The number of phenolic OH excluding ortho intramolecular Hbond substituents is 1. The second kappa shape index (κ2) is 5.57. The number of methoxy groups -OCH3 is 1. The largest absolute Gasteiger partial charge is 0.504 e. The van der Waals surface area contributed by atoms with Crippen molar-refractivity contribution in [2.24, 2.45) is 11.3 Å². The summed E-state index contributed by atoms with van der Waals surface area (Å²) < 4.78 is 19.2. The van der Waals surface area contributed by atoms with Crippen LogP contribution in [0.3, 0.4) is 0 Å². The molecule has 1 saturated heterocycles. The number of rotatable bonds is 4. The van der Waals surface area contributed by atoms with Crippen LogP contribution in [0, 0.1) is 11.3 Å². The third-order valence-corrected chi connectivity index (χ3v) is 9.12. The number of benzene rings is 1. The van der Waals surface area contributed by atoms with Gasteiger partial charge in [0.15, 0.2) is 11.5 Å². The smallest absolute Gasteiger partial charge is 0.165 e. The molecule has 2 aliphatic heterocycles. The van der Waals surface area contributed by atoms with Crippen molar-refractivity contribution >= 4 is 0 Å². The number of ether oxygens (including phenoxy) is 3. The van der Waals surface area contributed by atoms with Crippen LogP contribution in [0.15, 0.2) is 24.3 Å². The molecule has 0 amide bonds. The molecule has 156 valence electrons. The van der Waals surface area contributed by atoms with Crippen molar-refractivity contribution < 1.29 is 19.3 Å². The van der Waals surface area contributed by atoms with Gasteiger partial charge in [0, 0.05) is 36.7 Å². The number of phenols is 1. The number of hydrogen-bond acceptors (Lipinski definition) is 5. The fourth-order valence-corrected chi connectivity index (χ4v) is 8.02. The summed E-state index contributed by atoms with van der Waals surface area (Å²) in [6.07, 6.45) is 7.75. The number of likely N-dealkylation sites (N-methyl/N-ethyl adjacent to an activating group) is 1. The van der Waals surface area contributed by atoms with Crippen molar-refractivity contribution in [3.8, 4) is 11.5 Å². The molecule has 4 bridgehead atoms. The highest BCUT2D eigenvalue weighted by Gasteiger charge is 2.79. The Morgan fingerprint density at radius 1 is 1.34 bits per heavy atom. The van der Waals surface area contributed by atoms with Crippen molar-refractivity contribution in [3.05, 3.63) is 35.4 Å². The number of likely N-dealkylation sites (tertiary alicyclic amines) is 1. The Balaban J connectivity index is 1.65. The third-order valence-electron chi connectivity index (χ3n) is 9.12. The van der Waals surface area contributed by atoms with Crippen LogP contribution < -0.4 is 4.74 Å². The molecule has 1 aromatic rings. The highest BCUT2D eigenvalue weighted by Crippen LogP contribution is 2.74. The van der Waals surface area contributed by atoms with Gasteiger partial charge in [-0.25, -0.2) is 0 Å². The van der Waals surface area contributed by atoms with E-state index in [1.54, 1.807) is 0 Å². The van der Waals surface area contributed by atoms with Gasteiger partial charge in [-0.1, -0.05) is 18.2 Å². The van der Waals surface area contributed by atoms with Gasteiger partial charge in [0.1, 0.15) is 11.7 Å². The zero-order valence-corrected chi connectivity index (χ0v) is 17.8. The van der Waals surface area contributed by atoms with Crippen LogP contribution in [0.5, 0.6) is 11.5 Å². The van der Waals surface area contributed by atoms with E-state index >= 15 is 0 Å². The summed E-state index contributed by atoms with van der Waals surface area (Å²) in [7, 11) is 4.08. The fraction of sp³-hybridized carbons (Fsp3) is 0.667. The third kappa shape index (κ3) is 1.77. The van der Waals surface area contributed by atoms with E-state index in [2.05, 4.69) is 44.0 Å². The highest BCUT2D eigenvalue weighted by molar-refractivity contribution is 5.65. The lowest BCUT2D eigenvalue weighted by atomic mass is 9.37. The van der Waals surface area contributed by atoms with Crippen LogP contribution in [-0.4, -0.2) is 61.2 Å². The zero-order valence-electron chi connectivity index (χ0n) is 17.8. The average molecular weight is 398 g/mol. The van der Waals surface area contributed by atoms with Crippen LogP contribution >= 0.6 is 0 Å². The first-order valence-corrected chi connectivity index (χ1v) is 11.0. The van der Waals surface area contributed by atoms with Gasteiger partial charge < -0.3 is 24.2 Å². The summed E-state index contributed by atoms with van der Waals surface area (Å²) in [5, 5.41) is 10.7. The van der Waals surface area contributed by atoms with Crippen LogP contribution in [0.25, 0.3) is 0 Å². The summed E-state index contributed by atoms with van der Waals surface area (Å²) in [5.41, 5.74) is 1.90. The quantitative estimate of drug-likeness (QED) is 0.792. The molecule has 2 fully saturated rings. The van der Waals surface area contributed by atoms with Crippen LogP contribution in [0.4, 0.5) is 0 Å². The van der Waals surface area contributed by atoms with E-state index in [9.17, 15) is 5.11 Å². The maximum atomic E-state index is 10.7. The molecule has 29 heavy (non-hydrogen) atoms. The molecule has 0 radical (unpaired) electrons. The number of aromatic hydroxyl groups is 1. The van der Waals surface area contributed by atoms with Gasteiger partial charge in [-0.15, -0.1) is 0 Å². The van der Waals surface area contributed by atoms with E-state index in [4.69, 9.17) is 14.2 Å². The molecule has 4 aliphatic carbocycles. The molecule has 0 aromatic heterocycles. The van der Waals surface area contributed by atoms with Gasteiger partial charge in [-0.3, -0.25) is 0 Å². The Kier molecular flexibility index (Phi) is 3.50. The summed E-state index contributed by atoms with van der Waals surface area (Å²) in [6.45, 7) is 5.97. The number of piperidine rings is 1. The van der Waals surface area contributed by atoms with Crippen molar-refractivity contribution in [2.45, 2.75) is 62.4 Å². The summed E-state index contributed by atoms with van der Waals surface area (Å²) in [6, 6.07) is 4.35. The summed E-state index contributed by atoms with van der Waals surface area (Å²) in [5.74, 6) is 1.18. The van der Waals surface area contributed by atoms with E-state index in [1.165, 1.54) is 11.1 Å². The Hall–Kier alpha value is -1.56. The van der Waals surface area contributed by atoms with Crippen molar-refractivity contribution in [2.75, 3.05) is 27.3 Å². The highest BCUT2D eigenvalue weighted by atomic mass is 16.6. The van der Waals surface area contributed by atoms with Gasteiger partial charge in [-0.2, -0.15) is 0 Å². The molecule has 0 unspecified atom stereocenters. The van der Waals surface area contributed by atoms with Gasteiger partial charge in [0.25, 0.3) is 0 Å². The lowest BCUT2D eigenvalue weighted by molar-refractivity contribution is -0.232. The number of nitrogens with zero attached hydrogens (tertiary/aromatic N) is 1. The van der Waals surface area contributed by atoms with E-state index in [0.29, 0.717) is 18.4 Å². The molecule has 7 rings (SSSR count). The Morgan fingerprint density at radius 2 is 2.17 bits per heavy atom.